The third-order valence-corrected chi connectivity index (χ3v) is 4.37. The number of aromatic nitrogens is 1. The SMILES string of the molecule is Cc1ccccc1C1CCN(c2nc(C)c(C(=O)O)o2)CC1. The second-order valence-electron chi connectivity index (χ2n) is 5.83. The molecule has 1 aliphatic heterocycles. The fourth-order valence-electron chi connectivity index (χ4n) is 3.14. The molecule has 1 saturated heterocycles. The first kappa shape index (κ1) is 14.6. The van der Waals surface area contributed by atoms with Gasteiger partial charge in [0.25, 0.3) is 6.01 Å². The average molecular weight is 300 g/mol. The lowest BCUT2D eigenvalue weighted by Gasteiger charge is -2.31. The topological polar surface area (TPSA) is 66.6 Å². The monoisotopic (exact) mass is 300 g/mol. The Hall–Kier alpha value is -2.30. The molecule has 1 N–H and O–H groups in total. The van der Waals surface area contributed by atoms with E-state index in [1.54, 1.807) is 6.92 Å². The smallest absolute Gasteiger partial charge is 0.373 e. The molecular formula is C17H20N2O3. The number of piperidine rings is 1. The van der Waals surface area contributed by atoms with E-state index < -0.39 is 5.97 Å². The first-order chi connectivity index (χ1) is 10.6. The molecule has 0 unspecified atom stereocenters. The quantitative estimate of drug-likeness (QED) is 0.941. The molecule has 3 rings (SSSR count). The van der Waals surface area contributed by atoms with Gasteiger partial charge in [0.15, 0.2) is 0 Å². The number of oxazole rings is 1. The first-order valence-corrected chi connectivity index (χ1v) is 7.57. The number of rotatable bonds is 3. The van der Waals surface area contributed by atoms with Crippen LogP contribution in [0.15, 0.2) is 28.7 Å². The van der Waals surface area contributed by atoms with Gasteiger partial charge in [-0.2, -0.15) is 4.98 Å². The molecule has 0 atom stereocenters. The van der Waals surface area contributed by atoms with E-state index >= 15 is 0 Å². The number of aryl methyl sites for hydroxylation is 2. The molecule has 1 aromatic heterocycles. The molecule has 0 bridgehead atoms. The van der Waals surface area contributed by atoms with Gasteiger partial charge in [-0.15, -0.1) is 0 Å². The largest absolute Gasteiger partial charge is 0.475 e. The van der Waals surface area contributed by atoms with E-state index in [1.165, 1.54) is 11.1 Å². The number of carbonyl (C=O) groups is 1. The standard InChI is InChI=1S/C17H20N2O3/c1-11-5-3-4-6-14(11)13-7-9-19(10-8-13)17-18-12(2)15(22-17)16(20)21/h3-6,13H,7-10H2,1-2H3,(H,20,21). The van der Waals surface area contributed by atoms with Crippen LogP contribution in [0.1, 0.15) is 46.1 Å². The van der Waals surface area contributed by atoms with Crippen LogP contribution in [0.2, 0.25) is 0 Å². The zero-order valence-electron chi connectivity index (χ0n) is 12.9. The van der Waals surface area contributed by atoms with Crippen LogP contribution in [0.3, 0.4) is 0 Å². The Labute approximate surface area is 129 Å². The molecule has 2 heterocycles. The van der Waals surface area contributed by atoms with Crippen molar-refractivity contribution in [1.82, 2.24) is 4.98 Å². The van der Waals surface area contributed by atoms with E-state index in [0.717, 1.165) is 25.9 Å². The molecule has 0 saturated carbocycles. The molecule has 5 nitrogen and oxygen atoms in total. The lowest BCUT2D eigenvalue weighted by Crippen LogP contribution is -2.33. The van der Waals surface area contributed by atoms with Gasteiger partial charge in [-0.25, -0.2) is 4.79 Å². The highest BCUT2D eigenvalue weighted by molar-refractivity contribution is 5.85. The van der Waals surface area contributed by atoms with Crippen molar-refractivity contribution in [1.29, 1.82) is 0 Å². The Morgan fingerprint density at radius 2 is 1.95 bits per heavy atom. The molecule has 116 valence electrons. The highest BCUT2D eigenvalue weighted by atomic mass is 16.4. The summed E-state index contributed by atoms with van der Waals surface area (Å²) in [5.74, 6) is -0.575. The second-order valence-corrected chi connectivity index (χ2v) is 5.83. The summed E-state index contributed by atoms with van der Waals surface area (Å²) >= 11 is 0. The van der Waals surface area contributed by atoms with Gasteiger partial charge in [-0.3, -0.25) is 0 Å². The minimum absolute atomic E-state index is 0.0592. The van der Waals surface area contributed by atoms with Crippen LogP contribution in [0.4, 0.5) is 6.01 Å². The first-order valence-electron chi connectivity index (χ1n) is 7.57. The van der Waals surface area contributed by atoms with E-state index in [1.807, 2.05) is 4.90 Å². The summed E-state index contributed by atoms with van der Waals surface area (Å²) in [5.41, 5.74) is 3.18. The van der Waals surface area contributed by atoms with Crippen molar-refractivity contribution in [2.75, 3.05) is 18.0 Å². The summed E-state index contributed by atoms with van der Waals surface area (Å²) in [5, 5.41) is 9.05. The van der Waals surface area contributed by atoms with Gasteiger partial charge in [0.05, 0.1) is 5.69 Å². The molecule has 1 aromatic carbocycles. The van der Waals surface area contributed by atoms with Gasteiger partial charge < -0.3 is 14.4 Å². The Morgan fingerprint density at radius 3 is 2.55 bits per heavy atom. The Bertz CT molecular complexity index is 685. The fourth-order valence-corrected chi connectivity index (χ4v) is 3.14. The van der Waals surface area contributed by atoms with E-state index in [9.17, 15) is 4.79 Å². The second kappa shape index (κ2) is 5.83. The molecule has 1 fully saturated rings. The fraction of sp³-hybridized carbons (Fsp3) is 0.412. The minimum Gasteiger partial charge on any atom is -0.475 e. The number of carboxylic acids is 1. The number of hydrogen-bond donors (Lipinski definition) is 1. The molecule has 0 radical (unpaired) electrons. The summed E-state index contributed by atoms with van der Waals surface area (Å²) in [7, 11) is 0. The third kappa shape index (κ3) is 2.71. The van der Waals surface area contributed by atoms with Crippen molar-refractivity contribution in [3.05, 3.63) is 46.8 Å². The van der Waals surface area contributed by atoms with Crippen molar-refractivity contribution >= 4 is 12.0 Å². The Morgan fingerprint density at radius 1 is 1.27 bits per heavy atom. The van der Waals surface area contributed by atoms with Crippen LogP contribution >= 0.6 is 0 Å². The van der Waals surface area contributed by atoms with Gasteiger partial charge in [0, 0.05) is 13.1 Å². The number of aromatic carboxylic acids is 1. The molecular weight excluding hydrogens is 280 g/mol. The summed E-state index contributed by atoms with van der Waals surface area (Å²) < 4.78 is 5.40. The summed E-state index contributed by atoms with van der Waals surface area (Å²) in [4.78, 5) is 17.3. The van der Waals surface area contributed by atoms with E-state index in [0.29, 0.717) is 17.6 Å². The van der Waals surface area contributed by atoms with Gasteiger partial charge >= 0.3 is 5.97 Å². The predicted octanol–water partition coefficient (Wildman–Crippen LogP) is 3.37. The molecule has 0 aliphatic carbocycles. The molecule has 1 aliphatic rings. The van der Waals surface area contributed by atoms with Crippen LogP contribution in [0.5, 0.6) is 0 Å². The maximum absolute atomic E-state index is 11.0. The van der Waals surface area contributed by atoms with Crippen LogP contribution in [0.25, 0.3) is 0 Å². The molecule has 0 spiro atoms. The molecule has 5 heteroatoms. The summed E-state index contributed by atoms with van der Waals surface area (Å²) in [6.45, 7) is 5.48. The summed E-state index contributed by atoms with van der Waals surface area (Å²) in [6, 6.07) is 8.94. The number of anilines is 1. The minimum atomic E-state index is -1.06. The van der Waals surface area contributed by atoms with Crippen molar-refractivity contribution in [2.45, 2.75) is 32.6 Å². The number of nitrogens with zero attached hydrogens (tertiary/aromatic N) is 2. The van der Waals surface area contributed by atoms with E-state index in [4.69, 9.17) is 9.52 Å². The normalized spacial score (nSPS) is 16.0. The Kier molecular flexibility index (Phi) is 3.88. The maximum atomic E-state index is 11.0. The van der Waals surface area contributed by atoms with Gasteiger partial charge in [0.1, 0.15) is 0 Å². The van der Waals surface area contributed by atoms with Crippen molar-refractivity contribution in [3.8, 4) is 0 Å². The van der Waals surface area contributed by atoms with Gasteiger partial charge in [-0.1, -0.05) is 24.3 Å². The van der Waals surface area contributed by atoms with Crippen LogP contribution in [-0.2, 0) is 0 Å². The third-order valence-electron chi connectivity index (χ3n) is 4.37. The van der Waals surface area contributed by atoms with Gasteiger partial charge in [-0.05, 0) is 43.7 Å². The molecule has 0 amide bonds. The Balaban J connectivity index is 1.71. The predicted molar refractivity (Wildman–Crippen MR) is 83.6 cm³/mol. The number of carboxylic acid groups (broad SMARTS) is 1. The van der Waals surface area contributed by atoms with Crippen LogP contribution < -0.4 is 4.90 Å². The van der Waals surface area contributed by atoms with Crippen molar-refractivity contribution < 1.29 is 14.3 Å². The van der Waals surface area contributed by atoms with E-state index in [2.05, 4.69) is 36.2 Å². The van der Waals surface area contributed by atoms with Gasteiger partial charge in [0.2, 0.25) is 5.76 Å². The van der Waals surface area contributed by atoms with Crippen molar-refractivity contribution in [2.24, 2.45) is 0 Å². The summed E-state index contributed by atoms with van der Waals surface area (Å²) in [6.07, 6.45) is 2.05. The number of hydrogen-bond acceptors (Lipinski definition) is 4. The maximum Gasteiger partial charge on any atom is 0.373 e. The zero-order valence-corrected chi connectivity index (χ0v) is 12.9. The highest BCUT2D eigenvalue weighted by Gasteiger charge is 2.26. The zero-order chi connectivity index (χ0) is 15.7. The lowest BCUT2D eigenvalue weighted by molar-refractivity contribution is 0.0662. The highest BCUT2D eigenvalue weighted by Crippen LogP contribution is 2.32. The average Bonchev–Trinajstić information content (AvgIpc) is 2.90. The molecule has 22 heavy (non-hydrogen) atoms. The van der Waals surface area contributed by atoms with E-state index in [-0.39, 0.29) is 5.76 Å². The van der Waals surface area contributed by atoms with Crippen molar-refractivity contribution in [3.63, 3.8) is 0 Å². The van der Waals surface area contributed by atoms with Crippen LogP contribution in [0, 0.1) is 13.8 Å². The number of benzene rings is 1. The van der Waals surface area contributed by atoms with Crippen LogP contribution in [-0.4, -0.2) is 29.1 Å². The lowest BCUT2D eigenvalue weighted by atomic mass is 9.87. The molecule has 2 aromatic rings.